The van der Waals surface area contributed by atoms with Gasteiger partial charge in [0.2, 0.25) is 11.8 Å². The smallest absolute Gasteiger partial charge is 0.325 e. The van der Waals surface area contributed by atoms with Crippen LogP contribution in [0.25, 0.3) is 0 Å². The van der Waals surface area contributed by atoms with Crippen LogP contribution in [0.5, 0.6) is 0 Å². The molecule has 1 saturated heterocycles. The van der Waals surface area contributed by atoms with E-state index in [0.717, 1.165) is 6.42 Å². The second kappa shape index (κ2) is 4.96. The summed E-state index contributed by atoms with van der Waals surface area (Å²) in [5.41, 5.74) is 0. The van der Waals surface area contributed by atoms with Gasteiger partial charge in [0, 0.05) is 13.5 Å². The van der Waals surface area contributed by atoms with Crippen LogP contribution in [-0.4, -0.2) is 46.4 Å². The number of nitrogens with one attached hydrogen (secondary N) is 1. The topological polar surface area (TPSA) is 86.7 Å². The Hall–Kier alpha value is -1.59. The lowest BCUT2D eigenvalue weighted by atomic mass is 10.2. The normalized spacial score (nSPS) is 21.6. The average molecular weight is 228 g/mol. The van der Waals surface area contributed by atoms with Gasteiger partial charge in [0.05, 0.1) is 0 Å². The van der Waals surface area contributed by atoms with E-state index in [-0.39, 0.29) is 11.8 Å². The molecule has 2 amide bonds. The number of hydrogen-bond acceptors (Lipinski definition) is 3. The fraction of sp³-hybridized carbons (Fsp3) is 0.700. The number of carboxylic acids is 1. The molecule has 90 valence electrons. The molecule has 0 aromatic heterocycles. The molecule has 0 radical (unpaired) electrons. The summed E-state index contributed by atoms with van der Waals surface area (Å²) in [4.78, 5) is 35.0. The van der Waals surface area contributed by atoms with Gasteiger partial charge in [-0.15, -0.1) is 0 Å². The number of likely N-dealkylation sites (tertiary alicyclic amines) is 1. The first-order valence-electron chi connectivity index (χ1n) is 5.24. The van der Waals surface area contributed by atoms with Gasteiger partial charge in [0.25, 0.3) is 0 Å². The van der Waals surface area contributed by atoms with Gasteiger partial charge in [-0.25, -0.2) is 0 Å². The largest absolute Gasteiger partial charge is 0.480 e. The van der Waals surface area contributed by atoms with Gasteiger partial charge in [-0.1, -0.05) is 0 Å². The summed E-state index contributed by atoms with van der Waals surface area (Å²) in [5, 5.41) is 11.0. The third kappa shape index (κ3) is 2.71. The van der Waals surface area contributed by atoms with Crippen molar-refractivity contribution in [2.24, 2.45) is 0 Å². The number of carboxylic acid groups (broad SMARTS) is 1. The van der Waals surface area contributed by atoms with Crippen molar-refractivity contribution >= 4 is 17.8 Å². The molecule has 0 aromatic rings. The van der Waals surface area contributed by atoms with E-state index in [2.05, 4.69) is 5.32 Å². The van der Waals surface area contributed by atoms with Crippen LogP contribution < -0.4 is 5.32 Å². The number of aliphatic carboxylic acids is 1. The van der Waals surface area contributed by atoms with Gasteiger partial charge in [-0.3, -0.25) is 14.4 Å². The Morgan fingerprint density at radius 2 is 2.06 bits per heavy atom. The lowest BCUT2D eigenvalue weighted by molar-refractivity contribution is -0.143. The van der Waals surface area contributed by atoms with Crippen molar-refractivity contribution in [2.45, 2.75) is 38.8 Å². The maximum Gasteiger partial charge on any atom is 0.325 e. The molecule has 1 rings (SSSR count). The van der Waals surface area contributed by atoms with E-state index >= 15 is 0 Å². The van der Waals surface area contributed by atoms with Crippen molar-refractivity contribution in [3.8, 4) is 0 Å². The van der Waals surface area contributed by atoms with Crippen LogP contribution >= 0.6 is 0 Å². The van der Waals surface area contributed by atoms with Gasteiger partial charge in [-0.2, -0.15) is 0 Å². The fourth-order valence-electron chi connectivity index (χ4n) is 1.79. The van der Waals surface area contributed by atoms with Crippen LogP contribution in [0, 0.1) is 0 Å². The van der Waals surface area contributed by atoms with E-state index in [1.807, 2.05) is 0 Å². The van der Waals surface area contributed by atoms with Gasteiger partial charge in [-0.05, 0) is 19.8 Å². The van der Waals surface area contributed by atoms with E-state index < -0.39 is 18.1 Å². The van der Waals surface area contributed by atoms with Crippen LogP contribution in [0.3, 0.4) is 0 Å². The Morgan fingerprint density at radius 1 is 1.44 bits per heavy atom. The van der Waals surface area contributed by atoms with Crippen molar-refractivity contribution in [1.82, 2.24) is 10.2 Å². The third-order valence-corrected chi connectivity index (χ3v) is 2.69. The van der Waals surface area contributed by atoms with Crippen molar-refractivity contribution in [2.75, 3.05) is 6.54 Å². The van der Waals surface area contributed by atoms with E-state index in [1.54, 1.807) is 0 Å². The standard InChI is InChI=1S/C10H16N2O4/c1-6(10(15)16)11-9(14)8-4-3-5-12(8)7(2)13/h6,8H,3-5H2,1-2H3,(H,11,14)(H,15,16)/t6-,8?/m0/s1. The summed E-state index contributed by atoms with van der Waals surface area (Å²) in [6, 6.07) is -1.44. The SMILES string of the molecule is CC(=O)N1CCCC1C(=O)N[C@@H](C)C(=O)O. The third-order valence-electron chi connectivity index (χ3n) is 2.69. The van der Waals surface area contributed by atoms with Gasteiger partial charge in [0.15, 0.2) is 0 Å². The minimum atomic E-state index is -1.08. The van der Waals surface area contributed by atoms with Crippen molar-refractivity contribution < 1.29 is 19.5 Å². The van der Waals surface area contributed by atoms with Crippen LogP contribution in [0.1, 0.15) is 26.7 Å². The number of hydrogen-bond donors (Lipinski definition) is 2. The molecule has 0 aliphatic carbocycles. The monoisotopic (exact) mass is 228 g/mol. The second-order valence-electron chi connectivity index (χ2n) is 3.94. The predicted molar refractivity (Wildman–Crippen MR) is 55.6 cm³/mol. The molecule has 2 atom stereocenters. The molecule has 0 aromatic carbocycles. The summed E-state index contributed by atoms with van der Waals surface area (Å²) >= 11 is 0. The Balaban J connectivity index is 2.60. The zero-order chi connectivity index (χ0) is 12.3. The highest BCUT2D eigenvalue weighted by molar-refractivity contribution is 5.90. The molecule has 2 N–H and O–H groups in total. The van der Waals surface area contributed by atoms with Crippen LogP contribution in [-0.2, 0) is 14.4 Å². The minimum absolute atomic E-state index is 0.152. The maximum absolute atomic E-state index is 11.7. The summed E-state index contributed by atoms with van der Waals surface area (Å²) < 4.78 is 0. The molecule has 1 fully saturated rings. The molecular weight excluding hydrogens is 212 g/mol. The van der Waals surface area contributed by atoms with E-state index in [4.69, 9.17) is 5.11 Å². The van der Waals surface area contributed by atoms with Crippen molar-refractivity contribution in [3.63, 3.8) is 0 Å². The summed E-state index contributed by atoms with van der Waals surface area (Å²) in [6.07, 6.45) is 1.37. The fourth-order valence-corrected chi connectivity index (χ4v) is 1.79. The zero-order valence-corrected chi connectivity index (χ0v) is 9.40. The number of carbonyl (C=O) groups excluding carboxylic acids is 2. The van der Waals surface area contributed by atoms with Crippen LogP contribution in [0.4, 0.5) is 0 Å². The highest BCUT2D eigenvalue weighted by atomic mass is 16.4. The molecule has 1 aliphatic rings. The van der Waals surface area contributed by atoms with Gasteiger partial charge >= 0.3 is 5.97 Å². The van der Waals surface area contributed by atoms with Gasteiger partial charge < -0.3 is 15.3 Å². The molecule has 1 aliphatic heterocycles. The average Bonchev–Trinajstić information content (AvgIpc) is 2.65. The highest BCUT2D eigenvalue weighted by Crippen LogP contribution is 2.17. The van der Waals surface area contributed by atoms with E-state index in [0.29, 0.717) is 13.0 Å². The molecule has 1 heterocycles. The summed E-state index contributed by atoms with van der Waals surface area (Å²) in [5.74, 6) is -1.62. The van der Waals surface area contributed by atoms with Gasteiger partial charge in [0.1, 0.15) is 12.1 Å². The van der Waals surface area contributed by atoms with Crippen LogP contribution in [0.15, 0.2) is 0 Å². The minimum Gasteiger partial charge on any atom is -0.480 e. The lowest BCUT2D eigenvalue weighted by Crippen LogP contribution is -2.49. The number of nitrogens with zero attached hydrogens (tertiary/aromatic N) is 1. The van der Waals surface area contributed by atoms with Crippen LogP contribution in [0.2, 0.25) is 0 Å². The molecule has 1 unspecified atom stereocenters. The van der Waals surface area contributed by atoms with Crippen molar-refractivity contribution in [3.05, 3.63) is 0 Å². The summed E-state index contributed by atoms with van der Waals surface area (Å²) in [7, 11) is 0. The second-order valence-corrected chi connectivity index (χ2v) is 3.94. The lowest BCUT2D eigenvalue weighted by Gasteiger charge is -2.23. The first-order chi connectivity index (χ1) is 7.43. The first kappa shape index (κ1) is 12.5. The molecule has 0 saturated carbocycles. The number of carbonyl (C=O) groups is 3. The Labute approximate surface area is 93.6 Å². The zero-order valence-electron chi connectivity index (χ0n) is 9.40. The summed E-state index contributed by atoms with van der Waals surface area (Å²) in [6.45, 7) is 3.37. The highest BCUT2D eigenvalue weighted by Gasteiger charge is 2.33. The number of rotatable bonds is 3. The van der Waals surface area contributed by atoms with E-state index in [1.165, 1.54) is 18.7 Å². The Kier molecular flexibility index (Phi) is 3.87. The Morgan fingerprint density at radius 3 is 2.56 bits per heavy atom. The quantitative estimate of drug-likeness (QED) is 0.687. The molecule has 0 spiro atoms. The number of amides is 2. The van der Waals surface area contributed by atoms with E-state index in [9.17, 15) is 14.4 Å². The molecule has 0 bridgehead atoms. The predicted octanol–water partition coefficient (Wildman–Crippen LogP) is -0.413. The first-order valence-corrected chi connectivity index (χ1v) is 5.24. The molecule has 6 heteroatoms. The molecule has 16 heavy (non-hydrogen) atoms. The van der Waals surface area contributed by atoms with Crippen molar-refractivity contribution in [1.29, 1.82) is 0 Å². The Bertz CT molecular complexity index is 316. The molecular formula is C10H16N2O4. The molecule has 6 nitrogen and oxygen atoms in total. The maximum atomic E-state index is 11.7.